The van der Waals surface area contributed by atoms with Crippen LogP contribution in [0.1, 0.15) is 31.4 Å². The lowest BCUT2D eigenvalue weighted by molar-refractivity contribution is -0.137. The van der Waals surface area contributed by atoms with Gasteiger partial charge >= 0.3 is 5.97 Å². The first-order chi connectivity index (χ1) is 12.4. The fourth-order valence-electron chi connectivity index (χ4n) is 2.32. The summed E-state index contributed by atoms with van der Waals surface area (Å²) in [4.78, 5) is 23.2. The molecule has 0 aliphatic heterocycles. The summed E-state index contributed by atoms with van der Waals surface area (Å²) in [5, 5.41) is 11.4. The van der Waals surface area contributed by atoms with Crippen molar-refractivity contribution < 1.29 is 28.2 Å². The second kappa shape index (κ2) is 8.94. The lowest BCUT2D eigenvalue weighted by atomic mass is 10.1. The van der Waals surface area contributed by atoms with Crippen LogP contribution in [0.15, 0.2) is 48.5 Å². The van der Waals surface area contributed by atoms with E-state index in [2.05, 4.69) is 5.32 Å². The van der Waals surface area contributed by atoms with Crippen LogP contribution in [0.5, 0.6) is 5.75 Å². The van der Waals surface area contributed by atoms with Gasteiger partial charge in [-0.3, -0.25) is 9.59 Å². The Morgan fingerprint density at radius 3 is 2.42 bits per heavy atom. The van der Waals surface area contributed by atoms with Gasteiger partial charge in [0.2, 0.25) is 6.10 Å². The number of hydrogen-bond donors (Lipinski definition) is 2. The summed E-state index contributed by atoms with van der Waals surface area (Å²) < 4.78 is 32.1. The molecule has 138 valence electrons. The molecule has 0 aliphatic carbocycles. The Kier molecular flexibility index (Phi) is 6.66. The van der Waals surface area contributed by atoms with Crippen LogP contribution in [-0.4, -0.2) is 23.0 Å². The maximum Gasteiger partial charge on any atom is 0.303 e. The molecule has 0 radical (unpaired) electrons. The summed E-state index contributed by atoms with van der Waals surface area (Å²) >= 11 is 0. The number of carbonyl (C=O) groups excluding carboxylic acids is 1. The van der Waals surface area contributed by atoms with Crippen LogP contribution in [0.3, 0.4) is 0 Å². The minimum absolute atomic E-state index is 0.00564. The number of benzene rings is 2. The molecular formula is C19H19F2NO4. The molecule has 0 spiro atoms. The third-order valence-corrected chi connectivity index (χ3v) is 3.67. The molecule has 0 heterocycles. The number of nitrogens with one attached hydrogen (secondary N) is 1. The summed E-state index contributed by atoms with van der Waals surface area (Å²) in [6, 6.07) is 11.2. The van der Waals surface area contributed by atoms with Gasteiger partial charge in [0.05, 0.1) is 0 Å². The molecule has 2 aromatic rings. The molecule has 0 bridgehead atoms. The van der Waals surface area contributed by atoms with Crippen molar-refractivity contribution in [1.29, 1.82) is 0 Å². The van der Waals surface area contributed by atoms with Gasteiger partial charge in [-0.1, -0.05) is 30.3 Å². The summed E-state index contributed by atoms with van der Waals surface area (Å²) in [5.41, 5.74) is 0.528. The SMILES string of the molecule is CC(CCC(=O)O)NC(=O)C(Oc1ccc(F)c(F)c1)c1ccccc1. The lowest BCUT2D eigenvalue weighted by Crippen LogP contribution is -2.38. The number of carbonyl (C=O) groups is 2. The Hall–Kier alpha value is -2.96. The van der Waals surface area contributed by atoms with E-state index in [4.69, 9.17) is 9.84 Å². The van der Waals surface area contributed by atoms with Gasteiger partial charge in [-0.2, -0.15) is 0 Å². The van der Waals surface area contributed by atoms with Crippen molar-refractivity contribution in [2.45, 2.75) is 31.9 Å². The molecule has 2 N–H and O–H groups in total. The highest BCUT2D eigenvalue weighted by molar-refractivity contribution is 5.83. The molecule has 0 aliphatic rings. The zero-order valence-corrected chi connectivity index (χ0v) is 14.1. The molecule has 0 fully saturated rings. The number of carboxylic acid groups (broad SMARTS) is 1. The Balaban J connectivity index is 2.17. The molecule has 2 unspecified atom stereocenters. The third kappa shape index (κ3) is 5.54. The molecule has 0 aromatic heterocycles. The first kappa shape index (κ1) is 19.4. The van der Waals surface area contributed by atoms with Crippen LogP contribution in [0.2, 0.25) is 0 Å². The van der Waals surface area contributed by atoms with Crippen molar-refractivity contribution in [1.82, 2.24) is 5.32 Å². The maximum absolute atomic E-state index is 13.4. The van der Waals surface area contributed by atoms with Crippen LogP contribution in [0, 0.1) is 11.6 Å². The largest absolute Gasteiger partial charge is 0.481 e. The molecule has 5 nitrogen and oxygen atoms in total. The number of amides is 1. The zero-order valence-electron chi connectivity index (χ0n) is 14.1. The molecule has 0 saturated heterocycles. The molecule has 2 atom stereocenters. The summed E-state index contributed by atoms with van der Waals surface area (Å²) in [6.07, 6.45) is -0.914. The Labute approximate surface area is 149 Å². The topological polar surface area (TPSA) is 75.6 Å². The number of halogens is 2. The number of hydrogen-bond acceptors (Lipinski definition) is 3. The second-order valence-corrected chi connectivity index (χ2v) is 5.83. The van der Waals surface area contributed by atoms with Gasteiger partial charge in [0.1, 0.15) is 5.75 Å². The van der Waals surface area contributed by atoms with Gasteiger partial charge in [-0.25, -0.2) is 8.78 Å². The lowest BCUT2D eigenvalue weighted by Gasteiger charge is -2.21. The minimum atomic E-state index is -1.09. The van der Waals surface area contributed by atoms with Crippen molar-refractivity contribution >= 4 is 11.9 Å². The molecule has 26 heavy (non-hydrogen) atoms. The van der Waals surface area contributed by atoms with E-state index in [-0.39, 0.29) is 18.6 Å². The van der Waals surface area contributed by atoms with Crippen molar-refractivity contribution in [3.8, 4) is 5.75 Å². The Bertz CT molecular complexity index is 767. The molecule has 7 heteroatoms. The van der Waals surface area contributed by atoms with Crippen LogP contribution in [0.4, 0.5) is 8.78 Å². The highest BCUT2D eigenvalue weighted by Crippen LogP contribution is 2.24. The van der Waals surface area contributed by atoms with E-state index in [0.717, 1.165) is 12.1 Å². The van der Waals surface area contributed by atoms with Gasteiger partial charge < -0.3 is 15.2 Å². The standard InChI is InChI=1S/C19H19F2NO4/c1-12(7-10-17(23)24)22-19(25)18(13-5-3-2-4-6-13)26-14-8-9-15(20)16(21)11-14/h2-6,8-9,11-12,18H,7,10H2,1H3,(H,22,25)(H,23,24). The molecule has 2 rings (SSSR count). The van der Waals surface area contributed by atoms with E-state index < -0.39 is 35.7 Å². The van der Waals surface area contributed by atoms with Crippen molar-refractivity contribution in [2.24, 2.45) is 0 Å². The number of aliphatic carboxylic acids is 1. The van der Waals surface area contributed by atoms with Crippen molar-refractivity contribution in [3.63, 3.8) is 0 Å². The fourth-order valence-corrected chi connectivity index (χ4v) is 2.32. The first-order valence-corrected chi connectivity index (χ1v) is 8.05. The molecular weight excluding hydrogens is 344 g/mol. The first-order valence-electron chi connectivity index (χ1n) is 8.05. The smallest absolute Gasteiger partial charge is 0.303 e. The second-order valence-electron chi connectivity index (χ2n) is 5.83. The van der Waals surface area contributed by atoms with E-state index >= 15 is 0 Å². The summed E-state index contributed by atoms with van der Waals surface area (Å²) in [7, 11) is 0. The number of rotatable bonds is 8. The Morgan fingerprint density at radius 2 is 1.81 bits per heavy atom. The van der Waals surface area contributed by atoms with E-state index in [0.29, 0.717) is 5.56 Å². The van der Waals surface area contributed by atoms with E-state index in [1.54, 1.807) is 37.3 Å². The van der Waals surface area contributed by atoms with Crippen molar-refractivity contribution in [2.75, 3.05) is 0 Å². The molecule has 2 aromatic carbocycles. The molecule has 1 amide bonds. The average molecular weight is 363 g/mol. The predicted molar refractivity (Wildman–Crippen MR) is 90.6 cm³/mol. The highest BCUT2D eigenvalue weighted by Gasteiger charge is 2.24. The van der Waals surface area contributed by atoms with Gasteiger partial charge in [0.15, 0.2) is 11.6 Å². The molecule has 0 saturated carbocycles. The van der Waals surface area contributed by atoms with Gasteiger partial charge in [-0.05, 0) is 25.5 Å². The minimum Gasteiger partial charge on any atom is -0.481 e. The van der Waals surface area contributed by atoms with Crippen LogP contribution < -0.4 is 10.1 Å². The van der Waals surface area contributed by atoms with Crippen molar-refractivity contribution in [3.05, 3.63) is 65.7 Å². The maximum atomic E-state index is 13.4. The fraction of sp³-hybridized carbons (Fsp3) is 0.263. The third-order valence-electron chi connectivity index (χ3n) is 3.67. The van der Waals surface area contributed by atoms with Gasteiger partial charge in [0, 0.05) is 24.1 Å². The predicted octanol–water partition coefficient (Wildman–Crippen LogP) is 3.45. The quantitative estimate of drug-likeness (QED) is 0.753. The summed E-state index contributed by atoms with van der Waals surface area (Å²) in [5.74, 6) is -3.54. The van der Waals surface area contributed by atoms with Crippen LogP contribution in [0.25, 0.3) is 0 Å². The zero-order chi connectivity index (χ0) is 19.1. The Morgan fingerprint density at radius 1 is 1.12 bits per heavy atom. The van der Waals surface area contributed by atoms with Crippen LogP contribution >= 0.6 is 0 Å². The number of ether oxygens (including phenoxy) is 1. The number of carboxylic acids is 1. The highest BCUT2D eigenvalue weighted by atomic mass is 19.2. The van der Waals surface area contributed by atoms with E-state index in [1.165, 1.54) is 6.07 Å². The van der Waals surface area contributed by atoms with E-state index in [1.807, 2.05) is 0 Å². The van der Waals surface area contributed by atoms with Gasteiger partial charge in [0.25, 0.3) is 5.91 Å². The van der Waals surface area contributed by atoms with E-state index in [9.17, 15) is 18.4 Å². The average Bonchev–Trinajstić information content (AvgIpc) is 2.61. The van der Waals surface area contributed by atoms with Gasteiger partial charge in [-0.15, -0.1) is 0 Å². The summed E-state index contributed by atoms with van der Waals surface area (Å²) in [6.45, 7) is 1.68. The monoisotopic (exact) mass is 363 g/mol. The van der Waals surface area contributed by atoms with Crippen LogP contribution in [-0.2, 0) is 9.59 Å². The normalized spacial score (nSPS) is 12.9.